The third kappa shape index (κ3) is 3.24. The van der Waals surface area contributed by atoms with Gasteiger partial charge in [-0.3, -0.25) is 4.79 Å². The second-order valence-electron chi connectivity index (χ2n) is 3.72. The molecule has 1 aromatic carbocycles. The summed E-state index contributed by atoms with van der Waals surface area (Å²) in [4.78, 5) is 12.9. The highest BCUT2D eigenvalue weighted by Gasteiger charge is 2.14. The van der Waals surface area contributed by atoms with Gasteiger partial charge in [-0.2, -0.15) is 0 Å². The number of methoxy groups -OCH3 is 1. The average molecular weight is 223 g/mol. The third-order valence-electron chi connectivity index (χ3n) is 2.29. The minimum atomic E-state index is -0.962. The van der Waals surface area contributed by atoms with Crippen molar-refractivity contribution in [2.75, 3.05) is 14.2 Å². The summed E-state index contributed by atoms with van der Waals surface area (Å²) in [5.41, 5.74) is 0.968. The largest absolute Gasteiger partial charge is 0.497 e. The van der Waals surface area contributed by atoms with Crippen LogP contribution in [0.2, 0.25) is 0 Å². The molecule has 1 unspecified atom stereocenters. The van der Waals surface area contributed by atoms with E-state index in [1.54, 1.807) is 14.2 Å². The number of amides is 1. The van der Waals surface area contributed by atoms with Crippen LogP contribution in [0.3, 0.4) is 0 Å². The van der Waals surface area contributed by atoms with E-state index in [4.69, 9.17) is 9.84 Å². The van der Waals surface area contributed by atoms with Gasteiger partial charge in [-0.05, 0) is 24.6 Å². The van der Waals surface area contributed by atoms with Crippen LogP contribution in [0.5, 0.6) is 5.75 Å². The second kappa shape index (κ2) is 5.51. The molecule has 88 valence electrons. The molecule has 0 aliphatic carbocycles. The van der Waals surface area contributed by atoms with Crippen LogP contribution in [-0.2, 0) is 11.3 Å². The summed E-state index contributed by atoms with van der Waals surface area (Å²) in [5.74, 6) is 0.471. The molecule has 0 radical (unpaired) electrons. The molecule has 1 rings (SSSR count). The molecule has 0 fully saturated rings. The van der Waals surface area contributed by atoms with E-state index in [1.807, 2.05) is 24.3 Å². The van der Waals surface area contributed by atoms with Crippen molar-refractivity contribution in [3.8, 4) is 5.75 Å². The van der Waals surface area contributed by atoms with E-state index < -0.39 is 6.10 Å². The number of ether oxygens (including phenoxy) is 1. The zero-order chi connectivity index (χ0) is 12.1. The lowest BCUT2D eigenvalue weighted by atomic mass is 10.2. The molecule has 1 amide bonds. The topological polar surface area (TPSA) is 49.8 Å². The van der Waals surface area contributed by atoms with Crippen LogP contribution in [0.1, 0.15) is 12.5 Å². The summed E-state index contributed by atoms with van der Waals surface area (Å²) >= 11 is 0. The Labute approximate surface area is 95.5 Å². The van der Waals surface area contributed by atoms with Crippen molar-refractivity contribution >= 4 is 5.91 Å². The van der Waals surface area contributed by atoms with Gasteiger partial charge in [0.05, 0.1) is 7.11 Å². The van der Waals surface area contributed by atoms with Crippen LogP contribution in [-0.4, -0.2) is 36.2 Å². The van der Waals surface area contributed by atoms with Crippen molar-refractivity contribution in [3.63, 3.8) is 0 Å². The van der Waals surface area contributed by atoms with E-state index in [0.717, 1.165) is 11.3 Å². The quantitative estimate of drug-likeness (QED) is 0.829. The van der Waals surface area contributed by atoms with Crippen LogP contribution in [0.25, 0.3) is 0 Å². The summed E-state index contributed by atoms with van der Waals surface area (Å²) in [5, 5.41) is 9.15. The van der Waals surface area contributed by atoms with E-state index in [0.29, 0.717) is 6.54 Å². The summed E-state index contributed by atoms with van der Waals surface area (Å²) in [6.07, 6.45) is -0.962. The molecular formula is C12H17NO3. The fourth-order valence-corrected chi connectivity index (χ4v) is 1.44. The zero-order valence-electron chi connectivity index (χ0n) is 9.80. The SMILES string of the molecule is COc1cccc(CN(C)C(=O)C(C)O)c1. The molecule has 0 saturated heterocycles. The maximum absolute atomic E-state index is 11.4. The third-order valence-corrected chi connectivity index (χ3v) is 2.29. The van der Waals surface area contributed by atoms with Gasteiger partial charge >= 0.3 is 0 Å². The van der Waals surface area contributed by atoms with Crippen molar-refractivity contribution in [2.45, 2.75) is 19.6 Å². The van der Waals surface area contributed by atoms with Gasteiger partial charge in [0, 0.05) is 13.6 Å². The smallest absolute Gasteiger partial charge is 0.251 e. The Morgan fingerprint density at radius 2 is 2.25 bits per heavy atom. The monoisotopic (exact) mass is 223 g/mol. The number of aliphatic hydroxyl groups is 1. The molecule has 0 spiro atoms. The normalized spacial score (nSPS) is 12.0. The molecule has 1 aromatic rings. The number of carbonyl (C=O) groups excluding carboxylic acids is 1. The van der Waals surface area contributed by atoms with E-state index >= 15 is 0 Å². The first kappa shape index (κ1) is 12.5. The molecular weight excluding hydrogens is 206 g/mol. The number of aliphatic hydroxyl groups excluding tert-OH is 1. The van der Waals surface area contributed by atoms with Crippen LogP contribution in [0.4, 0.5) is 0 Å². The van der Waals surface area contributed by atoms with Gasteiger partial charge in [0.1, 0.15) is 11.9 Å². The van der Waals surface area contributed by atoms with Crippen molar-refractivity contribution in [1.29, 1.82) is 0 Å². The van der Waals surface area contributed by atoms with Gasteiger partial charge in [-0.15, -0.1) is 0 Å². The molecule has 4 heteroatoms. The molecule has 4 nitrogen and oxygen atoms in total. The molecule has 1 N–H and O–H groups in total. The fraction of sp³-hybridized carbons (Fsp3) is 0.417. The van der Waals surface area contributed by atoms with E-state index in [1.165, 1.54) is 11.8 Å². The molecule has 0 heterocycles. The van der Waals surface area contributed by atoms with Crippen LogP contribution in [0, 0.1) is 0 Å². The van der Waals surface area contributed by atoms with Gasteiger partial charge in [0.25, 0.3) is 5.91 Å². The maximum atomic E-state index is 11.4. The molecule has 0 aromatic heterocycles. The molecule has 0 aliphatic rings. The highest BCUT2D eigenvalue weighted by Crippen LogP contribution is 2.14. The van der Waals surface area contributed by atoms with Crippen molar-refractivity contribution in [3.05, 3.63) is 29.8 Å². The second-order valence-corrected chi connectivity index (χ2v) is 3.72. The van der Waals surface area contributed by atoms with Gasteiger partial charge in [-0.25, -0.2) is 0 Å². The van der Waals surface area contributed by atoms with E-state index in [9.17, 15) is 4.79 Å². The number of likely N-dealkylation sites (N-methyl/N-ethyl adjacent to an activating group) is 1. The van der Waals surface area contributed by atoms with Crippen LogP contribution >= 0.6 is 0 Å². The Kier molecular flexibility index (Phi) is 4.31. The Morgan fingerprint density at radius 3 is 2.81 bits per heavy atom. The van der Waals surface area contributed by atoms with Gasteiger partial charge in [0.15, 0.2) is 0 Å². The summed E-state index contributed by atoms with van der Waals surface area (Å²) in [6, 6.07) is 7.50. The number of nitrogens with zero attached hydrogens (tertiary/aromatic N) is 1. The predicted molar refractivity (Wildman–Crippen MR) is 61.1 cm³/mol. The summed E-state index contributed by atoms with van der Waals surface area (Å²) in [7, 11) is 3.26. The fourth-order valence-electron chi connectivity index (χ4n) is 1.44. The lowest BCUT2D eigenvalue weighted by molar-refractivity contribution is -0.138. The van der Waals surface area contributed by atoms with Crippen LogP contribution in [0.15, 0.2) is 24.3 Å². The maximum Gasteiger partial charge on any atom is 0.251 e. The molecule has 0 aliphatic heterocycles. The molecule has 16 heavy (non-hydrogen) atoms. The summed E-state index contributed by atoms with van der Waals surface area (Å²) < 4.78 is 5.09. The molecule has 1 atom stereocenters. The van der Waals surface area contributed by atoms with E-state index in [2.05, 4.69) is 0 Å². The highest BCUT2D eigenvalue weighted by atomic mass is 16.5. The first-order valence-corrected chi connectivity index (χ1v) is 5.10. The molecule has 0 saturated carbocycles. The molecule has 0 bridgehead atoms. The zero-order valence-corrected chi connectivity index (χ0v) is 9.80. The highest BCUT2D eigenvalue weighted by molar-refractivity contribution is 5.79. The number of carbonyl (C=O) groups is 1. The summed E-state index contributed by atoms with van der Waals surface area (Å²) in [6.45, 7) is 1.92. The van der Waals surface area contributed by atoms with Gasteiger partial charge in [0.2, 0.25) is 0 Å². The first-order chi connectivity index (χ1) is 7.54. The van der Waals surface area contributed by atoms with Crippen LogP contribution < -0.4 is 4.74 Å². The minimum Gasteiger partial charge on any atom is -0.497 e. The number of benzene rings is 1. The van der Waals surface area contributed by atoms with E-state index in [-0.39, 0.29) is 5.91 Å². The Balaban J connectivity index is 2.69. The van der Waals surface area contributed by atoms with Crippen molar-refractivity contribution in [2.24, 2.45) is 0 Å². The Bertz CT molecular complexity index is 363. The lowest BCUT2D eigenvalue weighted by Gasteiger charge is -2.19. The lowest BCUT2D eigenvalue weighted by Crippen LogP contribution is -2.34. The minimum absolute atomic E-state index is 0.289. The van der Waals surface area contributed by atoms with Gasteiger partial charge in [-0.1, -0.05) is 12.1 Å². The predicted octanol–water partition coefficient (Wildman–Crippen LogP) is 1.03. The Morgan fingerprint density at radius 1 is 1.56 bits per heavy atom. The number of hydrogen-bond donors (Lipinski definition) is 1. The average Bonchev–Trinajstić information content (AvgIpc) is 2.28. The number of hydrogen-bond acceptors (Lipinski definition) is 3. The first-order valence-electron chi connectivity index (χ1n) is 5.10. The van der Waals surface area contributed by atoms with Crippen molar-refractivity contribution < 1.29 is 14.6 Å². The van der Waals surface area contributed by atoms with Crippen molar-refractivity contribution in [1.82, 2.24) is 4.90 Å². The van der Waals surface area contributed by atoms with Gasteiger partial charge < -0.3 is 14.7 Å². The standard InChI is InChI=1S/C12H17NO3/c1-9(14)12(15)13(2)8-10-5-4-6-11(7-10)16-3/h4-7,9,14H,8H2,1-3H3. The Hall–Kier alpha value is -1.55. The number of rotatable bonds is 4.